The first kappa shape index (κ1) is 42.2. The topological polar surface area (TPSA) is 178 Å². The van der Waals surface area contributed by atoms with Crippen LogP contribution in [-0.4, -0.2) is 70.6 Å². The Labute approximate surface area is 344 Å². The van der Waals surface area contributed by atoms with Crippen molar-refractivity contribution in [2.75, 3.05) is 6.61 Å². The molecule has 1 saturated heterocycles. The van der Waals surface area contributed by atoms with E-state index in [-0.39, 0.29) is 66.1 Å². The largest absolute Gasteiger partial charge is 0.457 e. The number of cyclic esters (lactones) is 1. The Morgan fingerprint density at radius 1 is 1.03 bits per heavy atom. The minimum absolute atomic E-state index is 0.00100. The first-order valence-corrected chi connectivity index (χ1v) is 21.6. The number of amidine groups is 1. The summed E-state index contributed by atoms with van der Waals surface area (Å²) in [6.45, 7) is 14.5. The van der Waals surface area contributed by atoms with Crippen molar-refractivity contribution >= 4 is 38.7 Å². The Morgan fingerprint density at radius 2 is 1.71 bits per heavy atom. The molecule has 0 amide bonds. The maximum atomic E-state index is 14.5. The van der Waals surface area contributed by atoms with Gasteiger partial charge in [0.2, 0.25) is 5.60 Å². The molecule has 1 fully saturated rings. The predicted octanol–water partition coefficient (Wildman–Crippen LogP) is 6.11. The molecular weight excluding hydrogens is 775 g/mol. The van der Waals surface area contributed by atoms with Gasteiger partial charge in [-0.05, 0) is 90.1 Å². The van der Waals surface area contributed by atoms with Gasteiger partial charge in [0.05, 0.1) is 46.6 Å². The molecule has 313 valence electrons. The smallest absolute Gasteiger partial charge is 0.355 e. The number of sulfonamides is 1. The summed E-state index contributed by atoms with van der Waals surface area (Å²) in [7, 11) is -4.17. The number of pyridine rings is 2. The van der Waals surface area contributed by atoms with Crippen molar-refractivity contribution in [1.29, 1.82) is 0 Å². The van der Waals surface area contributed by atoms with Crippen LogP contribution in [0.5, 0.6) is 0 Å². The van der Waals surface area contributed by atoms with Gasteiger partial charge in [-0.2, -0.15) is 0 Å². The van der Waals surface area contributed by atoms with E-state index >= 15 is 0 Å². The van der Waals surface area contributed by atoms with Crippen LogP contribution in [0.1, 0.15) is 96.4 Å². The second-order valence-electron chi connectivity index (χ2n) is 17.4. The Morgan fingerprint density at radius 3 is 2.37 bits per heavy atom. The highest BCUT2D eigenvalue weighted by molar-refractivity contribution is 7.90. The number of hydroxylamine groups is 2. The van der Waals surface area contributed by atoms with Crippen molar-refractivity contribution in [3.05, 3.63) is 93.3 Å². The number of esters is 2. The van der Waals surface area contributed by atoms with E-state index in [9.17, 15) is 28.0 Å². The third kappa shape index (κ3) is 7.93. The third-order valence-corrected chi connectivity index (χ3v) is 13.1. The van der Waals surface area contributed by atoms with Crippen LogP contribution in [0.25, 0.3) is 22.3 Å². The first-order valence-electron chi connectivity index (χ1n) is 20.1. The number of hydrogen-bond acceptors (Lipinski definition) is 11. The fourth-order valence-electron chi connectivity index (χ4n) is 8.64. The Kier molecular flexibility index (Phi) is 11.1. The van der Waals surface area contributed by atoms with Crippen molar-refractivity contribution in [2.45, 2.75) is 128 Å². The zero-order valence-electron chi connectivity index (χ0n) is 34.8. The standard InChI is InChI=1S/C44H52N5O9S/c1-9-44(33-21-35-38-29(20-28-12-10-11-13-34(28)45-38)24-48(35)39(50)32(33)25-57-41(44)52)58-40(51)37(26(2)3)46-36(47-59(54,55)31-16-14-27(4)15-17-31)18-19-56-30-22-42(5,6)49(53)43(7,8)23-30/h10-17,20-21,26,30,37H,9,18-19,22-25H2,1-8H3,(H,46,47)/t37-,44+/m1/s1. The zero-order chi connectivity index (χ0) is 42.7. The van der Waals surface area contributed by atoms with E-state index in [1.54, 1.807) is 43.5 Å². The van der Waals surface area contributed by atoms with Gasteiger partial charge in [0.1, 0.15) is 12.4 Å². The number of benzene rings is 2. The summed E-state index contributed by atoms with van der Waals surface area (Å²) >= 11 is 0. The van der Waals surface area contributed by atoms with Gasteiger partial charge in [-0.15, -0.1) is 10.3 Å². The number of piperidine rings is 1. The average molecular weight is 827 g/mol. The van der Waals surface area contributed by atoms with Crippen LogP contribution >= 0.6 is 0 Å². The van der Waals surface area contributed by atoms with Crippen molar-refractivity contribution in [2.24, 2.45) is 10.9 Å². The number of aromatic nitrogens is 2. The lowest BCUT2D eigenvalue weighted by Crippen LogP contribution is -2.59. The van der Waals surface area contributed by atoms with E-state index in [0.29, 0.717) is 24.2 Å². The number of hydrogen-bond donors (Lipinski definition) is 1. The monoisotopic (exact) mass is 826 g/mol. The van der Waals surface area contributed by atoms with Gasteiger partial charge < -0.3 is 18.8 Å². The molecule has 0 unspecified atom stereocenters. The molecule has 3 aliphatic heterocycles. The number of rotatable bonds is 11. The molecule has 2 aromatic heterocycles. The quantitative estimate of drug-likeness (QED) is 0.0928. The molecule has 14 nitrogen and oxygen atoms in total. The maximum absolute atomic E-state index is 14.5. The Balaban J connectivity index is 1.22. The highest BCUT2D eigenvalue weighted by Gasteiger charge is 2.52. The summed E-state index contributed by atoms with van der Waals surface area (Å²) in [5.74, 6) is -2.32. The Bertz CT molecular complexity index is 2490. The van der Waals surface area contributed by atoms with Crippen LogP contribution < -0.4 is 10.3 Å². The van der Waals surface area contributed by atoms with Crippen LogP contribution in [0.3, 0.4) is 0 Å². The SMILES string of the molecule is CC[C@@]1(OC(=O)[C@H](N=C(CCOC2CC(C)(C)N([O])C(C)(C)C2)NS(=O)(=O)c2ccc(C)cc2)C(C)C)C(=O)OCc2c1cc1n(c2=O)Cc2cc3ccccc3nc2-1. The fraction of sp³-hybridized carbons (Fsp3) is 0.477. The molecule has 59 heavy (non-hydrogen) atoms. The number of carbonyl (C=O) groups is 2. The highest BCUT2D eigenvalue weighted by atomic mass is 32.2. The van der Waals surface area contributed by atoms with Crippen LogP contribution in [0, 0.1) is 12.8 Å². The molecule has 15 heteroatoms. The maximum Gasteiger partial charge on any atom is 0.355 e. The number of para-hydroxylation sites is 1. The van der Waals surface area contributed by atoms with Gasteiger partial charge in [0.25, 0.3) is 15.6 Å². The minimum Gasteiger partial charge on any atom is -0.457 e. The number of aryl methyl sites for hydroxylation is 1. The molecule has 1 N–H and O–H groups in total. The molecule has 1 radical (unpaired) electrons. The van der Waals surface area contributed by atoms with Gasteiger partial charge in [0, 0.05) is 34.0 Å². The molecule has 0 saturated carbocycles. The van der Waals surface area contributed by atoms with Gasteiger partial charge in [0.15, 0.2) is 6.04 Å². The molecule has 0 spiro atoms. The van der Waals surface area contributed by atoms with E-state index in [1.165, 1.54) is 12.1 Å². The molecule has 0 aliphatic carbocycles. The van der Waals surface area contributed by atoms with Gasteiger partial charge >= 0.3 is 11.9 Å². The van der Waals surface area contributed by atoms with Crippen molar-refractivity contribution in [3.63, 3.8) is 0 Å². The van der Waals surface area contributed by atoms with Gasteiger partial charge in [-0.25, -0.2) is 23.0 Å². The van der Waals surface area contributed by atoms with Gasteiger partial charge in [-0.1, -0.05) is 56.7 Å². The summed E-state index contributed by atoms with van der Waals surface area (Å²) in [5, 5.41) is 15.0. The third-order valence-electron chi connectivity index (χ3n) is 11.7. The summed E-state index contributed by atoms with van der Waals surface area (Å²) in [6.07, 6.45) is 0.539. The molecular formula is C44H52N5O9S. The second-order valence-corrected chi connectivity index (χ2v) is 19.1. The lowest BCUT2D eigenvalue weighted by molar-refractivity contribution is -0.301. The van der Waals surface area contributed by atoms with E-state index in [1.807, 2.05) is 65.0 Å². The average Bonchev–Trinajstić information content (AvgIpc) is 3.53. The van der Waals surface area contributed by atoms with Crippen molar-refractivity contribution in [1.82, 2.24) is 19.3 Å². The van der Waals surface area contributed by atoms with Crippen LogP contribution in [0.2, 0.25) is 0 Å². The molecule has 2 aromatic carbocycles. The van der Waals surface area contributed by atoms with E-state index in [2.05, 4.69) is 9.71 Å². The van der Waals surface area contributed by atoms with Crippen LogP contribution in [-0.2, 0) is 57.8 Å². The van der Waals surface area contributed by atoms with E-state index < -0.39 is 50.6 Å². The number of nitrogens with zero attached hydrogens (tertiary/aromatic N) is 4. The molecule has 2 atom stereocenters. The van der Waals surface area contributed by atoms with E-state index in [0.717, 1.165) is 27.1 Å². The molecule has 7 rings (SSSR count). The summed E-state index contributed by atoms with van der Waals surface area (Å²) in [6, 6.07) is 16.4. The highest BCUT2D eigenvalue weighted by Crippen LogP contribution is 2.42. The van der Waals surface area contributed by atoms with Gasteiger partial charge in [-0.3, -0.25) is 14.5 Å². The predicted molar refractivity (Wildman–Crippen MR) is 220 cm³/mol. The van der Waals surface area contributed by atoms with Crippen LogP contribution in [0.4, 0.5) is 0 Å². The molecule has 3 aliphatic rings. The summed E-state index contributed by atoms with van der Waals surface area (Å²) < 4.78 is 49.7. The minimum atomic E-state index is -4.17. The number of fused-ring (bicyclic) bond motifs is 5. The lowest BCUT2D eigenvalue weighted by Gasteiger charge is -2.49. The van der Waals surface area contributed by atoms with Crippen molar-refractivity contribution in [3.8, 4) is 11.4 Å². The normalized spacial score (nSPS) is 20.8. The number of aliphatic imine (C=N–C) groups is 1. The van der Waals surface area contributed by atoms with E-state index in [4.69, 9.17) is 19.2 Å². The second kappa shape index (κ2) is 15.6. The molecule has 5 heterocycles. The fourth-order valence-corrected chi connectivity index (χ4v) is 9.72. The van der Waals surface area contributed by atoms with Crippen molar-refractivity contribution < 1.29 is 37.4 Å². The summed E-state index contributed by atoms with van der Waals surface area (Å²) in [4.78, 5) is 52.0. The number of carbonyl (C=O) groups excluding carboxylic acids is 2. The molecule has 4 aromatic rings. The Hall–Kier alpha value is -4.96. The molecule has 0 bridgehead atoms. The number of nitrogens with one attached hydrogen (secondary N) is 1. The summed E-state index contributed by atoms with van der Waals surface area (Å²) in [5.41, 5.74) is 0.237. The first-order chi connectivity index (χ1) is 27.8. The zero-order valence-corrected chi connectivity index (χ0v) is 35.6. The van der Waals surface area contributed by atoms with Crippen LogP contribution in [0.15, 0.2) is 75.3 Å². The lowest BCUT2D eigenvalue weighted by atomic mass is 9.80. The number of ether oxygens (including phenoxy) is 3.